The Bertz CT molecular complexity index is 849. The summed E-state index contributed by atoms with van der Waals surface area (Å²) in [5.41, 5.74) is 1.60. The number of benzene rings is 1. The van der Waals surface area contributed by atoms with Gasteiger partial charge in [-0.3, -0.25) is 9.69 Å². The number of piperazine rings is 1. The van der Waals surface area contributed by atoms with Crippen molar-refractivity contribution in [2.24, 2.45) is 0 Å². The highest BCUT2D eigenvalue weighted by Crippen LogP contribution is 2.26. The Morgan fingerprint density at radius 1 is 1.17 bits per heavy atom. The lowest BCUT2D eigenvalue weighted by Crippen LogP contribution is -2.49. The lowest BCUT2D eigenvalue weighted by Gasteiger charge is -2.34. The summed E-state index contributed by atoms with van der Waals surface area (Å²) in [7, 11) is -2.95. The summed E-state index contributed by atoms with van der Waals surface area (Å²) in [4.78, 5) is 16.6. The highest BCUT2D eigenvalue weighted by atomic mass is 32.2. The summed E-state index contributed by atoms with van der Waals surface area (Å²) in [6.07, 6.45) is 1.25. The van der Waals surface area contributed by atoms with Crippen LogP contribution in [0.5, 0.6) is 0 Å². The van der Waals surface area contributed by atoms with Gasteiger partial charge in [-0.05, 0) is 13.0 Å². The minimum absolute atomic E-state index is 0.0912. The third-order valence-electron chi connectivity index (χ3n) is 4.48. The number of hydrogen-bond acceptors (Lipinski definition) is 5. The first kappa shape index (κ1) is 17.0. The van der Waals surface area contributed by atoms with E-state index in [0.717, 1.165) is 16.5 Å². The van der Waals surface area contributed by atoms with Crippen molar-refractivity contribution in [3.8, 4) is 0 Å². The van der Waals surface area contributed by atoms with Crippen LogP contribution in [0.4, 0.5) is 0 Å². The average Bonchev–Trinajstić information content (AvgIpc) is 2.89. The SMILES string of the molecule is Cc1c(C(=O)N2CCN(CCS(C)(=O)=O)CC2)oc2ccccc12. The number of carbonyl (C=O) groups excluding carboxylic acids is 1. The average molecular weight is 350 g/mol. The molecule has 0 N–H and O–H groups in total. The molecular formula is C17H22N2O4S. The number of amides is 1. The molecule has 0 atom stereocenters. The first-order valence-electron chi connectivity index (χ1n) is 8.02. The molecule has 0 spiro atoms. The number of carbonyl (C=O) groups is 1. The van der Waals surface area contributed by atoms with Gasteiger partial charge in [0.1, 0.15) is 15.4 Å². The number of hydrogen-bond donors (Lipinski definition) is 0. The summed E-state index contributed by atoms with van der Waals surface area (Å²) < 4.78 is 28.2. The second kappa shape index (κ2) is 6.57. The number of rotatable bonds is 4. The van der Waals surface area contributed by atoms with Gasteiger partial charge in [0, 0.05) is 49.9 Å². The second-order valence-corrected chi connectivity index (χ2v) is 8.58. The number of fused-ring (bicyclic) bond motifs is 1. The van der Waals surface area contributed by atoms with Gasteiger partial charge in [0.25, 0.3) is 5.91 Å². The lowest BCUT2D eigenvalue weighted by atomic mass is 10.1. The van der Waals surface area contributed by atoms with Gasteiger partial charge in [-0.15, -0.1) is 0 Å². The van der Waals surface area contributed by atoms with Crippen LogP contribution >= 0.6 is 0 Å². The van der Waals surface area contributed by atoms with Crippen molar-refractivity contribution in [2.45, 2.75) is 6.92 Å². The summed E-state index contributed by atoms with van der Waals surface area (Å²) in [5, 5.41) is 0.965. The largest absolute Gasteiger partial charge is 0.451 e. The Labute approximate surface area is 141 Å². The molecule has 0 radical (unpaired) electrons. The fourth-order valence-corrected chi connectivity index (χ4v) is 3.58. The van der Waals surface area contributed by atoms with E-state index < -0.39 is 9.84 Å². The fourth-order valence-electron chi connectivity index (χ4n) is 2.99. The quantitative estimate of drug-likeness (QED) is 0.837. The van der Waals surface area contributed by atoms with Gasteiger partial charge in [0.2, 0.25) is 0 Å². The van der Waals surface area contributed by atoms with Crippen LogP contribution in [-0.2, 0) is 9.84 Å². The van der Waals surface area contributed by atoms with E-state index in [4.69, 9.17) is 4.42 Å². The molecule has 1 fully saturated rings. The second-order valence-electron chi connectivity index (χ2n) is 6.32. The zero-order chi connectivity index (χ0) is 17.3. The first-order valence-corrected chi connectivity index (χ1v) is 10.1. The minimum Gasteiger partial charge on any atom is -0.451 e. The van der Waals surface area contributed by atoms with Crippen LogP contribution in [0.1, 0.15) is 16.1 Å². The van der Waals surface area contributed by atoms with Gasteiger partial charge in [-0.1, -0.05) is 18.2 Å². The van der Waals surface area contributed by atoms with Gasteiger partial charge in [0.15, 0.2) is 5.76 Å². The predicted octanol–water partition coefficient (Wildman–Crippen LogP) is 1.54. The third kappa shape index (κ3) is 3.62. The van der Waals surface area contributed by atoms with Crippen molar-refractivity contribution in [1.29, 1.82) is 0 Å². The summed E-state index contributed by atoms with van der Waals surface area (Å²) >= 11 is 0. The van der Waals surface area contributed by atoms with E-state index in [2.05, 4.69) is 4.90 Å². The van der Waals surface area contributed by atoms with Crippen LogP contribution in [0.2, 0.25) is 0 Å². The van der Waals surface area contributed by atoms with Gasteiger partial charge in [0.05, 0.1) is 5.75 Å². The van der Waals surface area contributed by atoms with Crippen molar-refractivity contribution < 1.29 is 17.6 Å². The normalized spacial score (nSPS) is 16.7. The van der Waals surface area contributed by atoms with E-state index in [1.807, 2.05) is 31.2 Å². The Morgan fingerprint density at radius 3 is 2.46 bits per heavy atom. The Balaban J connectivity index is 1.65. The molecule has 2 aromatic rings. The number of para-hydroxylation sites is 1. The van der Waals surface area contributed by atoms with Crippen LogP contribution in [-0.4, -0.2) is 68.9 Å². The Morgan fingerprint density at radius 2 is 1.83 bits per heavy atom. The van der Waals surface area contributed by atoms with Crippen LogP contribution in [0, 0.1) is 6.92 Å². The zero-order valence-corrected chi connectivity index (χ0v) is 14.8. The first-order chi connectivity index (χ1) is 11.3. The summed E-state index contributed by atoms with van der Waals surface area (Å²) in [6.45, 7) is 4.95. The van der Waals surface area contributed by atoms with Crippen molar-refractivity contribution >= 4 is 26.7 Å². The molecular weight excluding hydrogens is 328 g/mol. The van der Waals surface area contributed by atoms with E-state index in [1.54, 1.807) is 4.90 Å². The maximum absolute atomic E-state index is 12.7. The molecule has 0 aliphatic carbocycles. The van der Waals surface area contributed by atoms with Gasteiger partial charge < -0.3 is 9.32 Å². The molecule has 1 aliphatic rings. The number of nitrogens with zero attached hydrogens (tertiary/aromatic N) is 2. The third-order valence-corrected chi connectivity index (χ3v) is 5.40. The minimum atomic E-state index is -2.95. The molecule has 1 aliphatic heterocycles. The van der Waals surface area contributed by atoms with Crippen LogP contribution < -0.4 is 0 Å². The molecule has 6 nitrogen and oxygen atoms in total. The van der Waals surface area contributed by atoms with Crippen molar-refractivity contribution in [3.63, 3.8) is 0 Å². The van der Waals surface area contributed by atoms with Gasteiger partial charge in [-0.25, -0.2) is 8.42 Å². The molecule has 1 saturated heterocycles. The lowest BCUT2D eigenvalue weighted by molar-refractivity contribution is 0.0614. The maximum Gasteiger partial charge on any atom is 0.289 e. The van der Waals surface area contributed by atoms with Crippen molar-refractivity contribution in [2.75, 3.05) is 44.7 Å². The standard InChI is InChI=1S/C17H22N2O4S/c1-13-14-5-3-4-6-15(14)23-16(13)17(20)19-9-7-18(8-10-19)11-12-24(2,21)22/h3-6H,7-12H2,1-2H3. The maximum atomic E-state index is 12.7. The number of sulfone groups is 1. The smallest absolute Gasteiger partial charge is 0.289 e. The summed E-state index contributed by atoms with van der Waals surface area (Å²) in [6, 6.07) is 7.63. The highest BCUT2D eigenvalue weighted by molar-refractivity contribution is 7.90. The molecule has 24 heavy (non-hydrogen) atoms. The molecule has 2 heterocycles. The monoisotopic (exact) mass is 350 g/mol. The molecule has 0 saturated carbocycles. The highest BCUT2D eigenvalue weighted by Gasteiger charge is 2.26. The topological polar surface area (TPSA) is 70.8 Å². The molecule has 7 heteroatoms. The van der Waals surface area contributed by atoms with E-state index in [1.165, 1.54) is 6.26 Å². The van der Waals surface area contributed by atoms with Crippen LogP contribution in [0.3, 0.4) is 0 Å². The predicted molar refractivity (Wildman–Crippen MR) is 93.0 cm³/mol. The molecule has 130 valence electrons. The van der Waals surface area contributed by atoms with Crippen LogP contribution in [0.25, 0.3) is 11.0 Å². The molecule has 1 aromatic carbocycles. The van der Waals surface area contributed by atoms with E-state index >= 15 is 0 Å². The molecule has 0 unspecified atom stereocenters. The Hall–Kier alpha value is -1.86. The summed E-state index contributed by atoms with van der Waals surface area (Å²) in [5.74, 6) is 0.469. The molecule has 1 amide bonds. The number of aryl methyl sites for hydroxylation is 1. The zero-order valence-electron chi connectivity index (χ0n) is 14.0. The Kier molecular flexibility index (Phi) is 4.64. The van der Waals surface area contributed by atoms with Crippen molar-refractivity contribution in [1.82, 2.24) is 9.80 Å². The van der Waals surface area contributed by atoms with Gasteiger partial charge >= 0.3 is 0 Å². The van der Waals surface area contributed by atoms with E-state index in [9.17, 15) is 13.2 Å². The molecule has 3 rings (SSSR count). The molecule has 1 aromatic heterocycles. The van der Waals surface area contributed by atoms with E-state index in [-0.39, 0.29) is 11.7 Å². The van der Waals surface area contributed by atoms with Crippen LogP contribution in [0.15, 0.2) is 28.7 Å². The number of furan rings is 1. The van der Waals surface area contributed by atoms with Crippen molar-refractivity contribution in [3.05, 3.63) is 35.6 Å². The van der Waals surface area contributed by atoms with E-state index in [0.29, 0.717) is 38.5 Å². The fraction of sp³-hybridized carbons (Fsp3) is 0.471. The van der Waals surface area contributed by atoms with Gasteiger partial charge in [-0.2, -0.15) is 0 Å². The molecule has 0 bridgehead atoms.